The fourth-order valence-corrected chi connectivity index (χ4v) is 3.22. The van der Waals surface area contributed by atoms with Crippen molar-refractivity contribution in [1.82, 2.24) is 4.90 Å². The fraction of sp³-hybridized carbons (Fsp3) is 0.235. The van der Waals surface area contributed by atoms with E-state index >= 15 is 0 Å². The van der Waals surface area contributed by atoms with Gasteiger partial charge in [-0.3, -0.25) is 4.79 Å². The van der Waals surface area contributed by atoms with E-state index in [9.17, 15) is 4.79 Å². The number of likely N-dealkylation sites (tertiary alicyclic amines) is 1. The Morgan fingerprint density at radius 1 is 1.10 bits per heavy atom. The Morgan fingerprint density at radius 2 is 1.90 bits per heavy atom. The first-order valence-electron chi connectivity index (χ1n) is 6.87. The molecule has 1 aliphatic rings. The molecule has 0 bridgehead atoms. The van der Waals surface area contributed by atoms with E-state index in [1.54, 1.807) is 0 Å². The highest BCUT2D eigenvalue weighted by atomic mass is 79.9. The molecule has 2 nitrogen and oxygen atoms in total. The molecule has 0 spiro atoms. The molecule has 102 valence electrons. The van der Waals surface area contributed by atoms with Crippen LogP contribution in [0.5, 0.6) is 0 Å². The van der Waals surface area contributed by atoms with Crippen LogP contribution in [0.15, 0.2) is 59.1 Å². The lowest BCUT2D eigenvalue weighted by Crippen LogP contribution is -2.30. The SMILES string of the molecule is O=C(c1cccc(Br)c1)N1CCC[C@@H]1c1ccccc1. The molecule has 3 heteroatoms. The molecule has 3 rings (SSSR count). The molecule has 0 N–H and O–H groups in total. The summed E-state index contributed by atoms with van der Waals surface area (Å²) in [5, 5.41) is 0. The van der Waals surface area contributed by atoms with Crippen LogP contribution in [0.4, 0.5) is 0 Å². The summed E-state index contributed by atoms with van der Waals surface area (Å²) in [4.78, 5) is 14.7. The number of nitrogens with zero attached hydrogens (tertiary/aromatic N) is 1. The third kappa shape index (κ3) is 2.63. The van der Waals surface area contributed by atoms with Gasteiger partial charge >= 0.3 is 0 Å². The number of carbonyl (C=O) groups is 1. The van der Waals surface area contributed by atoms with Gasteiger partial charge in [-0.1, -0.05) is 52.3 Å². The van der Waals surface area contributed by atoms with E-state index in [-0.39, 0.29) is 11.9 Å². The van der Waals surface area contributed by atoms with Crippen LogP contribution in [-0.4, -0.2) is 17.4 Å². The summed E-state index contributed by atoms with van der Waals surface area (Å²) < 4.78 is 0.943. The maximum Gasteiger partial charge on any atom is 0.254 e. The van der Waals surface area contributed by atoms with Crippen molar-refractivity contribution in [2.75, 3.05) is 6.54 Å². The number of halogens is 1. The molecule has 0 saturated carbocycles. The van der Waals surface area contributed by atoms with Crippen LogP contribution in [0.1, 0.15) is 34.8 Å². The lowest BCUT2D eigenvalue weighted by Gasteiger charge is -2.25. The minimum absolute atomic E-state index is 0.123. The summed E-state index contributed by atoms with van der Waals surface area (Å²) in [5.74, 6) is 0.123. The number of hydrogen-bond acceptors (Lipinski definition) is 1. The standard InChI is InChI=1S/C17H16BrNO/c18-15-9-4-8-14(12-15)17(20)19-11-5-10-16(19)13-6-2-1-3-7-13/h1-4,6-9,12,16H,5,10-11H2/t16-/m1/s1. The minimum Gasteiger partial charge on any atom is -0.332 e. The summed E-state index contributed by atoms with van der Waals surface area (Å²) in [5.41, 5.74) is 1.98. The second kappa shape index (κ2) is 5.80. The first-order valence-corrected chi connectivity index (χ1v) is 7.66. The molecule has 1 fully saturated rings. The van der Waals surface area contributed by atoms with E-state index < -0.39 is 0 Å². The highest BCUT2D eigenvalue weighted by Gasteiger charge is 2.30. The summed E-state index contributed by atoms with van der Waals surface area (Å²) in [6.45, 7) is 0.838. The van der Waals surface area contributed by atoms with Crippen molar-refractivity contribution in [1.29, 1.82) is 0 Å². The van der Waals surface area contributed by atoms with Gasteiger partial charge in [0.05, 0.1) is 6.04 Å². The van der Waals surface area contributed by atoms with Gasteiger partial charge in [0.2, 0.25) is 0 Å². The molecule has 0 radical (unpaired) electrons. The molecular weight excluding hydrogens is 314 g/mol. The normalized spacial score (nSPS) is 18.2. The Kier molecular flexibility index (Phi) is 3.88. The molecule has 1 heterocycles. The smallest absolute Gasteiger partial charge is 0.254 e. The van der Waals surface area contributed by atoms with Gasteiger partial charge in [0.1, 0.15) is 0 Å². The average molecular weight is 330 g/mol. The van der Waals surface area contributed by atoms with Gasteiger partial charge in [-0.2, -0.15) is 0 Å². The van der Waals surface area contributed by atoms with Crippen molar-refractivity contribution in [2.45, 2.75) is 18.9 Å². The third-order valence-electron chi connectivity index (χ3n) is 3.77. The van der Waals surface area contributed by atoms with Gasteiger partial charge in [-0.25, -0.2) is 0 Å². The van der Waals surface area contributed by atoms with Crippen molar-refractivity contribution in [3.05, 3.63) is 70.2 Å². The molecule has 1 aliphatic heterocycles. The maximum absolute atomic E-state index is 12.7. The first kappa shape index (κ1) is 13.4. The summed E-state index contributed by atoms with van der Waals surface area (Å²) in [6, 6.07) is 18.1. The molecule has 0 aliphatic carbocycles. The summed E-state index contributed by atoms with van der Waals surface area (Å²) >= 11 is 3.43. The van der Waals surface area contributed by atoms with E-state index in [4.69, 9.17) is 0 Å². The third-order valence-corrected chi connectivity index (χ3v) is 4.26. The molecule has 1 atom stereocenters. The van der Waals surface area contributed by atoms with Crippen molar-refractivity contribution in [3.63, 3.8) is 0 Å². The zero-order valence-electron chi connectivity index (χ0n) is 11.1. The van der Waals surface area contributed by atoms with Crippen LogP contribution >= 0.6 is 15.9 Å². The zero-order valence-corrected chi connectivity index (χ0v) is 12.7. The number of hydrogen-bond donors (Lipinski definition) is 0. The van der Waals surface area contributed by atoms with Crippen LogP contribution in [0, 0.1) is 0 Å². The first-order chi connectivity index (χ1) is 9.75. The predicted octanol–water partition coefficient (Wildman–Crippen LogP) is 4.43. The predicted molar refractivity (Wildman–Crippen MR) is 83.6 cm³/mol. The van der Waals surface area contributed by atoms with Crippen molar-refractivity contribution in [2.24, 2.45) is 0 Å². The molecule has 2 aromatic rings. The van der Waals surface area contributed by atoms with E-state index in [0.717, 1.165) is 29.4 Å². The van der Waals surface area contributed by atoms with E-state index in [0.29, 0.717) is 0 Å². The van der Waals surface area contributed by atoms with Gasteiger partial charge in [-0.15, -0.1) is 0 Å². The van der Waals surface area contributed by atoms with Crippen molar-refractivity contribution >= 4 is 21.8 Å². The molecular formula is C17H16BrNO. The zero-order chi connectivity index (χ0) is 13.9. The van der Waals surface area contributed by atoms with Crippen LogP contribution in [0.2, 0.25) is 0 Å². The van der Waals surface area contributed by atoms with Gasteiger partial charge in [-0.05, 0) is 36.6 Å². The molecule has 1 saturated heterocycles. The monoisotopic (exact) mass is 329 g/mol. The Bertz CT molecular complexity index is 611. The number of rotatable bonds is 2. The lowest BCUT2D eigenvalue weighted by atomic mass is 10.0. The Hall–Kier alpha value is -1.61. The Balaban J connectivity index is 1.87. The van der Waals surface area contributed by atoms with Crippen LogP contribution in [0.3, 0.4) is 0 Å². The number of carbonyl (C=O) groups excluding carboxylic acids is 1. The van der Waals surface area contributed by atoms with Gasteiger partial charge in [0.15, 0.2) is 0 Å². The van der Waals surface area contributed by atoms with Crippen LogP contribution < -0.4 is 0 Å². The second-order valence-corrected chi connectivity index (χ2v) is 5.99. The highest BCUT2D eigenvalue weighted by molar-refractivity contribution is 9.10. The summed E-state index contributed by atoms with van der Waals surface area (Å²) in [6.07, 6.45) is 2.11. The Labute approximate surface area is 127 Å². The average Bonchev–Trinajstić information content (AvgIpc) is 2.97. The van der Waals surface area contributed by atoms with E-state index in [2.05, 4.69) is 28.1 Å². The lowest BCUT2D eigenvalue weighted by molar-refractivity contribution is 0.0735. The molecule has 1 amide bonds. The van der Waals surface area contributed by atoms with Crippen LogP contribution in [-0.2, 0) is 0 Å². The topological polar surface area (TPSA) is 20.3 Å². The fourth-order valence-electron chi connectivity index (χ4n) is 2.82. The number of benzene rings is 2. The quantitative estimate of drug-likeness (QED) is 0.798. The highest BCUT2D eigenvalue weighted by Crippen LogP contribution is 2.33. The van der Waals surface area contributed by atoms with Gasteiger partial charge < -0.3 is 4.90 Å². The van der Waals surface area contributed by atoms with Crippen molar-refractivity contribution in [3.8, 4) is 0 Å². The summed E-state index contributed by atoms with van der Waals surface area (Å²) in [7, 11) is 0. The second-order valence-electron chi connectivity index (χ2n) is 5.08. The molecule has 2 aromatic carbocycles. The molecule has 0 unspecified atom stereocenters. The molecule has 0 aromatic heterocycles. The number of amides is 1. The van der Waals surface area contributed by atoms with Gasteiger partial charge in [0, 0.05) is 16.6 Å². The Morgan fingerprint density at radius 3 is 2.65 bits per heavy atom. The van der Waals surface area contributed by atoms with E-state index in [1.165, 1.54) is 5.56 Å². The minimum atomic E-state index is 0.123. The maximum atomic E-state index is 12.7. The molecule has 20 heavy (non-hydrogen) atoms. The van der Waals surface area contributed by atoms with Gasteiger partial charge in [0.25, 0.3) is 5.91 Å². The largest absolute Gasteiger partial charge is 0.332 e. The van der Waals surface area contributed by atoms with Crippen molar-refractivity contribution < 1.29 is 4.79 Å². The van der Waals surface area contributed by atoms with E-state index in [1.807, 2.05) is 47.4 Å². The van der Waals surface area contributed by atoms with Crippen LogP contribution in [0.25, 0.3) is 0 Å².